The van der Waals surface area contributed by atoms with Gasteiger partial charge < -0.3 is 9.30 Å². The van der Waals surface area contributed by atoms with Crippen molar-refractivity contribution in [1.29, 1.82) is 0 Å². The molecule has 4 heteroatoms. The van der Waals surface area contributed by atoms with E-state index in [-0.39, 0.29) is 5.82 Å². The minimum Gasteiger partial charge on any atom is -0.493 e. The third-order valence-electron chi connectivity index (χ3n) is 6.67. The monoisotopic (exact) mass is 458 g/mol. The number of nitrogens with zero attached hydrogens (tertiary/aromatic N) is 2. The van der Waals surface area contributed by atoms with Crippen molar-refractivity contribution in [3.8, 4) is 17.1 Å². The molecule has 4 aromatic rings. The lowest BCUT2D eigenvalue weighted by Crippen LogP contribution is -2.11. The molecule has 0 aliphatic carbocycles. The lowest BCUT2D eigenvalue weighted by atomic mass is 10.00. The Morgan fingerprint density at radius 2 is 1.68 bits per heavy atom. The Morgan fingerprint density at radius 3 is 2.35 bits per heavy atom. The molecule has 34 heavy (non-hydrogen) atoms. The fourth-order valence-corrected chi connectivity index (χ4v) is 4.67. The van der Waals surface area contributed by atoms with E-state index >= 15 is 0 Å². The van der Waals surface area contributed by atoms with Gasteiger partial charge in [0.05, 0.1) is 17.6 Å². The van der Waals surface area contributed by atoms with E-state index in [9.17, 15) is 4.39 Å². The largest absolute Gasteiger partial charge is 0.493 e. The first-order chi connectivity index (χ1) is 16.5. The Bertz CT molecular complexity index is 1220. The van der Waals surface area contributed by atoms with Crippen molar-refractivity contribution >= 4 is 11.0 Å². The van der Waals surface area contributed by atoms with Crippen molar-refractivity contribution in [1.82, 2.24) is 9.55 Å². The third-order valence-corrected chi connectivity index (χ3v) is 6.67. The summed E-state index contributed by atoms with van der Waals surface area (Å²) in [6.07, 6.45) is 4.84. The third kappa shape index (κ3) is 5.32. The van der Waals surface area contributed by atoms with Gasteiger partial charge in [0.15, 0.2) is 0 Å². The minimum absolute atomic E-state index is 0.221. The number of ether oxygens (including phenoxy) is 1. The standard InChI is InChI=1S/C30H35FN2O/c1-5-7-10-23(6-2)20-34-26-17-21(3)29(22(4)18-26)30-32-27-11-8-9-12-28(27)33(30)19-24-13-15-25(31)16-14-24/h8-9,11-18,23H,5-7,10,19-20H2,1-4H3. The van der Waals surface area contributed by atoms with E-state index in [0.717, 1.165) is 57.9 Å². The maximum Gasteiger partial charge on any atom is 0.141 e. The Labute approximate surface area is 202 Å². The average Bonchev–Trinajstić information content (AvgIpc) is 3.18. The molecule has 0 spiro atoms. The second kappa shape index (κ2) is 10.9. The summed E-state index contributed by atoms with van der Waals surface area (Å²) in [7, 11) is 0. The molecular formula is C30H35FN2O. The number of rotatable bonds is 10. The molecule has 0 aliphatic rings. The Balaban J connectivity index is 1.68. The van der Waals surface area contributed by atoms with E-state index < -0.39 is 0 Å². The summed E-state index contributed by atoms with van der Waals surface area (Å²) < 4.78 is 21.9. The highest BCUT2D eigenvalue weighted by atomic mass is 19.1. The van der Waals surface area contributed by atoms with Crippen LogP contribution in [0.5, 0.6) is 5.75 Å². The van der Waals surface area contributed by atoms with Crippen LogP contribution in [0.3, 0.4) is 0 Å². The zero-order chi connectivity index (χ0) is 24.1. The van der Waals surface area contributed by atoms with E-state index in [1.807, 2.05) is 30.3 Å². The van der Waals surface area contributed by atoms with E-state index in [1.165, 1.54) is 31.4 Å². The van der Waals surface area contributed by atoms with Crippen molar-refractivity contribution in [2.75, 3.05) is 6.61 Å². The van der Waals surface area contributed by atoms with E-state index in [2.05, 4.69) is 50.5 Å². The summed E-state index contributed by atoms with van der Waals surface area (Å²) in [5.74, 6) is 2.23. The van der Waals surface area contributed by atoms with Crippen LogP contribution in [0.2, 0.25) is 0 Å². The first kappa shape index (κ1) is 24.0. The summed E-state index contributed by atoms with van der Waals surface area (Å²) in [6, 6.07) is 19.2. The zero-order valence-corrected chi connectivity index (χ0v) is 20.8. The molecule has 3 aromatic carbocycles. The minimum atomic E-state index is -0.221. The van der Waals surface area contributed by atoms with Crippen LogP contribution >= 0.6 is 0 Å². The number of fused-ring (bicyclic) bond motifs is 1. The second-order valence-corrected chi connectivity index (χ2v) is 9.30. The average molecular weight is 459 g/mol. The van der Waals surface area contributed by atoms with E-state index in [0.29, 0.717) is 12.5 Å². The van der Waals surface area contributed by atoms with Gasteiger partial charge in [0.1, 0.15) is 17.4 Å². The van der Waals surface area contributed by atoms with Crippen LogP contribution in [-0.2, 0) is 6.54 Å². The number of hydrogen-bond donors (Lipinski definition) is 0. The molecule has 0 aliphatic heterocycles. The smallest absolute Gasteiger partial charge is 0.141 e. The number of aryl methyl sites for hydroxylation is 2. The number of imidazole rings is 1. The molecule has 0 bridgehead atoms. The molecule has 1 atom stereocenters. The Kier molecular flexibility index (Phi) is 7.66. The van der Waals surface area contributed by atoms with Crippen molar-refractivity contribution in [2.45, 2.75) is 59.9 Å². The van der Waals surface area contributed by atoms with Gasteiger partial charge in [-0.1, -0.05) is 57.4 Å². The molecule has 1 unspecified atom stereocenters. The molecule has 1 aromatic heterocycles. The second-order valence-electron chi connectivity index (χ2n) is 9.30. The van der Waals surface area contributed by atoms with Gasteiger partial charge in [-0.25, -0.2) is 9.37 Å². The van der Waals surface area contributed by atoms with E-state index in [4.69, 9.17) is 9.72 Å². The summed E-state index contributed by atoms with van der Waals surface area (Å²) >= 11 is 0. The fourth-order valence-electron chi connectivity index (χ4n) is 4.67. The zero-order valence-electron chi connectivity index (χ0n) is 20.8. The lowest BCUT2D eigenvalue weighted by Gasteiger charge is -2.18. The predicted molar refractivity (Wildman–Crippen MR) is 139 cm³/mol. The highest BCUT2D eigenvalue weighted by Crippen LogP contribution is 2.33. The van der Waals surface area contributed by atoms with Gasteiger partial charge in [0.25, 0.3) is 0 Å². The fraction of sp³-hybridized carbons (Fsp3) is 0.367. The van der Waals surface area contributed by atoms with Crippen molar-refractivity contribution < 1.29 is 9.13 Å². The van der Waals surface area contributed by atoms with Crippen molar-refractivity contribution in [3.05, 3.63) is 83.2 Å². The quantitative estimate of drug-likeness (QED) is 0.240. The van der Waals surface area contributed by atoms with Crippen molar-refractivity contribution in [3.63, 3.8) is 0 Å². The van der Waals surface area contributed by atoms with Gasteiger partial charge in [-0.15, -0.1) is 0 Å². The molecule has 1 heterocycles. The number of para-hydroxylation sites is 2. The molecule has 0 saturated carbocycles. The van der Waals surface area contributed by atoms with Crippen LogP contribution in [0.4, 0.5) is 4.39 Å². The highest BCUT2D eigenvalue weighted by molar-refractivity contribution is 5.82. The molecule has 0 N–H and O–H groups in total. The maximum absolute atomic E-state index is 13.5. The molecule has 0 fully saturated rings. The number of halogens is 1. The molecular weight excluding hydrogens is 423 g/mol. The van der Waals surface area contributed by atoms with Gasteiger partial charge in [0.2, 0.25) is 0 Å². The number of benzene rings is 3. The van der Waals surface area contributed by atoms with Crippen LogP contribution in [0.1, 0.15) is 56.2 Å². The van der Waals surface area contributed by atoms with Gasteiger partial charge in [-0.3, -0.25) is 0 Å². The summed E-state index contributed by atoms with van der Waals surface area (Å²) in [4.78, 5) is 5.02. The van der Waals surface area contributed by atoms with E-state index in [1.54, 1.807) is 0 Å². The molecule has 0 saturated heterocycles. The molecule has 0 radical (unpaired) electrons. The molecule has 178 valence electrons. The molecule has 0 amide bonds. The SMILES string of the molecule is CCCCC(CC)COc1cc(C)c(-c2nc3ccccc3n2Cc2ccc(F)cc2)c(C)c1. The summed E-state index contributed by atoms with van der Waals surface area (Å²) in [5.41, 5.74) is 6.49. The lowest BCUT2D eigenvalue weighted by molar-refractivity contribution is 0.233. The van der Waals surface area contributed by atoms with Crippen LogP contribution in [0, 0.1) is 25.6 Å². The first-order valence-electron chi connectivity index (χ1n) is 12.4. The van der Waals surface area contributed by atoms with Gasteiger partial charge in [0, 0.05) is 12.1 Å². The Morgan fingerprint density at radius 1 is 0.971 bits per heavy atom. The highest BCUT2D eigenvalue weighted by Gasteiger charge is 2.18. The van der Waals surface area contributed by atoms with Crippen molar-refractivity contribution in [2.24, 2.45) is 5.92 Å². The topological polar surface area (TPSA) is 27.1 Å². The van der Waals surface area contributed by atoms with Gasteiger partial charge >= 0.3 is 0 Å². The van der Waals surface area contributed by atoms with Gasteiger partial charge in [-0.05, 0) is 79.3 Å². The van der Waals surface area contributed by atoms with Crippen LogP contribution < -0.4 is 4.74 Å². The molecule has 4 rings (SSSR count). The summed E-state index contributed by atoms with van der Waals surface area (Å²) in [5, 5.41) is 0. The number of unbranched alkanes of at least 4 members (excludes halogenated alkanes) is 1. The maximum atomic E-state index is 13.5. The van der Waals surface area contributed by atoms with Crippen LogP contribution in [0.25, 0.3) is 22.4 Å². The van der Waals surface area contributed by atoms with Crippen LogP contribution in [-0.4, -0.2) is 16.2 Å². The van der Waals surface area contributed by atoms with Gasteiger partial charge in [-0.2, -0.15) is 0 Å². The number of aromatic nitrogens is 2. The number of hydrogen-bond acceptors (Lipinski definition) is 2. The summed E-state index contributed by atoms with van der Waals surface area (Å²) in [6.45, 7) is 10.1. The normalized spacial score (nSPS) is 12.3. The Hall–Kier alpha value is -3.14. The first-order valence-corrected chi connectivity index (χ1v) is 12.4. The molecule has 3 nitrogen and oxygen atoms in total. The van der Waals surface area contributed by atoms with Crippen LogP contribution in [0.15, 0.2) is 60.7 Å². The predicted octanol–water partition coefficient (Wildman–Crippen LogP) is 8.10.